The molecule has 1 atom stereocenters. The Hall–Kier alpha value is -1.19. The van der Waals surface area contributed by atoms with Crippen molar-refractivity contribution in [2.75, 3.05) is 0 Å². The smallest absolute Gasteiger partial charge is 0.265 e. The van der Waals surface area contributed by atoms with Gasteiger partial charge in [0.15, 0.2) is 6.29 Å². The molecule has 0 aliphatic rings. The minimum Gasteiger partial charge on any atom is -0.370 e. The lowest BCUT2D eigenvalue weighted by Crippen LogP contribution is -2.34. The van der Waals surface area contributed by atoms with Crippen molar-refractivity contribution in [3.05, 3.63) is 35.9 Å². The van der Waals surface area contributed by atoms with Crippen LogP contribution in [0.2, 0.25) is 0 Å². The van der Waals surface area contributed by atoms with Gasteiger partial charge in [0.2, 0.25) is 5.60 Å². The van der Waals surface area contributed by atoms with Crippen molar-refractivity contribution >= 4 is 23.1 Å². The van der Waals surface area contributed by atoms with Crippen molar-refractivity contribution in [2.45, 2.75) is 5.60 Å². The first kappa shape index (κ1) is 9.89. The minimum atomic E-state index is -2.22. The first-order valence-corrected chi connectivity index (χ1v) is 3.93. The molecular weight excluding hydrogens is 192 g/mol. The maximum atomic E-state index is 10.8. The quantitative estimate of drug-likeness (QED) is 0.445. The van der Waals surface area contributed by atoms with Gasteiger partial charge in [-0.2, -0.15) is 0 Å². The average molecular weight is 199 g/mol. The summed E-state index contributed by atoms with van der Waals surface area (Å²) in [5.41, 5.74) is -2.05. The Morgan fingerprint density at radius 2 is 1.92 bits per heavy atom. The second-order valence-electron chi connectivity index (χ2n) is 2.52. The van der Waals surface area contributed by atoms with E-state index in [9.17, 15) is 14.7 Å². The number of carbonyl (C=O) groups excluding carboxylic acids is 2. The summed E-state index contributed by atoms with van der Waals surface area (Å²) in [6.45, 7) is 0. The summed E-state index contributed by atoms with van der Waals surface area (Å²) >= 11 is 5.10. The van der Waals surface area contributed by atoms with Gasteiger partial charge in [-0.05, 0) is 17.2 Å². The zero-order chi connectivity index (χ0) is 9.90. The third-order valence-corrected chi connectivity index (χ3v) is 1.97. The van der Waals surface area contributed by atoms with Gasteiger partial charge in [0.25, 0.3) is 5.24 Å². The molecule has 68 valence electrons. The van der Waals surface area contributed by atoms with E-state index >= 15 is 0 Å². The van der Waals surface area contributed by atoms with Gasteiger partial charge in [0.05, 0.1) is 0 Å². The number of halogens is 1. The van der Waals surface area contributed by atoms with E-state index in [1.54, 1.807) is 18.2 Å². The van der Waals surface area contributed by atoms with Gasteiger partial charge in [-0.1, -0.05) is 30.3 Å². The van der Waals surface area contributed by atoms with Gasteiger partial charge in [0, 0.05) is 0 Å². The van der Waals surface area contributed by atoms with Gasteiger partial charge in [-0.25, -0.2) is 0 Å². The molecule has 0 amide bonds. The van der Waals surface area contributed by atoms with Gasteiger partial charge < -0.3 is 5.11 Å². The lowest BCUT2D eigenvalue weighted by molar-refractivity contribution is -0.138. The lowest BCUT2D eigenvalue weighted by Gasteiger charge is -2.16. The molecule has 0 aliphatic heterocycles. The predicted molar refractivity (Wildman–Crippen MR) is 47.3 cm³/mol. The van der Waals surface area contributed by atoms with Crippen LogP contribution in [0.15, 0.2) is 30.3 Å². The van der Waals surface area contributed by atoms with Crippen LogP contribution in [0.3, 0.4) is 0 Å². The van der Waals surface area contributed by atoms with Crippen LogP contribution in [0.1, 0.15) is 5.56 Å². The van der Waals surface area contributed by atoms with Crippen LogP contribution in [-0.4, -0.2) is 16.6 Å². The van der Waals surface area contributed by atoms with Gasteiger partial charge in [-0.3, -0.25) is 9.59 Å². The lowest BCUT2D eigenvalue weighted by atomic mass is 9.97. The summed E-state index contributed by atoms with van der Waals surface area (Å²) in [5.74, 6) is 0. The number of benzene rings is 1. The molecule has 1 rings (SSSR count). The summed E-state index contributed by atoms with van der Waals surface area (Å²) < 4.78 is 0. The van der Waals surface area contributed by atoms with E-state index in [0.717, 1.165) is 0 Å². The molecule has 3 nitrogen and oxygen atoms in total. The van der Waals surface area contributed by atoms with Crippen LogP contribution in [0, 0.1) is 0 Å². The van der Waals surface area contributed by atoms with E-state index in [1.165, 1.54) is 12.1 Å². The third-order valence-electron chi connectivity index (χ3n) is 1.68. The molecule has 0 aliphatic carbocycles. The molecule has 0 saturated carbocycles. The van der Waals surface area contributed by atoms with Gasteiger partial charge in [-0.15, -0.1) is 0 Å². The predicted octanol–water partition coefficient (Wildman–Crippen LogP) is 0.839. The molecule has 1 N–H and O–H groups in total. The van der Waals surface area contributed by atoms with Crippen LogP contribution in [0.25, 0.3) is 0 Å². The molecule has 1 aromatic carbocycles. The highest BCUT2D eigenvalue weighted by atomic mass is 35.5. The highest BCUT2D eigenvalue weighted by Crippen LogP contribution is 2.21. The van der Waals surface area contributed by atoms with Crippen molar-refractivity contribution < 1.29 is 14.7 Å². The fraction of sp³-hybridized carbons (Fsp3) is 0.111. The van der Waals surface area contributed by atoms with Crippen LogP contribution < -0.4 is 0 Å². The number of hydrogen-bond acceptors (Lipinski definition) is 3. The Labute approximate surface area is 79.9 Å². The maximum Gasteiger partial charge on any atom is 0.265 e. The number of carbonyl (C=O) groups is 2. The Morgan fingerprint density at radius 1 is 1.38 bits per heavy atom. The van der Waals surface area contributed by atoms with Crippen LogP contribution in [-0.2, 0) is 15.2 Å². The summed E-state index contributed by atoms with van der Waals surface area (Å²) in [4.78, 5) is 21.3. The summed E-state index contributed by atoms with van der Waals surface area (Å²) in [5, 5.41) is 8.42. The van der Waals surface area contributed by atoms with Crippen molar-refractivity contribution in [3.63, 3.8) is 0 Å². The Kier molecular flexibility index (Phi) is 2.80. The van der Waals surface area contributed by atoms with Crippen molar-refractivity contribution in [3.8, 4) is 0 Å². The van der Waals surface area contributed by atoms with E-state index in [-0.39, 0.29) is 11.8 Å². The van der Waals surface area contributed by atoms with E-state index in [4.69, 9.17) is 11.6 Å². The standard InChI is InChI=1S/C9H7ClO3/c10-8(12)9(13,6-11)7-4-2-1-3-5-7/h1-6,13H/t9-/m0/s1. The van der Waals surface area contributed by atoms with Crippen LogP contribution >= 0.6 is 11.6 Å². The molecule has 0 saturated heterocycles. The zero-order valence-corrected chi connectivity index (χ0v) is 7.36. The molecule has 0 unspecified atom stereocenters. The number of aliphatic hydroxyl groups is 1. The second kappa shape index (κ2) is 3.68. The fourth-order valence-corrected chi connectivity index (χ4v) is 1.07. The molecule has 4 heteroatoms. The molecule has 0 heterocycles. The molecule has 0 spiro atoms. The van der Waals surface area contributed by atoms with Crippen LogP contribution in [0.4, 0.5) is 0 Å². The van der Waals surface area contributed by atoms with Crippen molar-refractivity contribution in [1.29, 1.82) is 0 Å². The van der Waals surface area contributed by atoms with E-state index in [0.29, 0.717) is 0 Å². The summed E-state index contributed by atoms with van der Waals surface area (Å²) in [7, 11) is 0. The molecule has 0 aromatic heterocycles. The third kappa shape index (κ3) is 1.76. The Balaban J connectivity index is 3.18. The fourth-order valence-electron chi connectivity index (χ4n) is 0.920. The normalized spacial score (nSPS) is 14.6. The van der Waals surface area contributed by atoms with E-state index < -0.39 is 10.8 Å². The SMILES string of the molecule is O=C[C@@](O)(C(=O)Cl)c1ccccc1. The molecule has 0 radical (unpaired) electrons. The molecule has 0 bridgehead atoms. The van der Waals surface area contributed by atoms with Gasteiger partial charge in [0.1, 0.15) is 0 Å². The number of hydrogen-bond donors (Lipinski definition) is 1. The number of aldehydes is 1. The first-order valence-electron chi connectivity index (χ1n) is 3.55. The highest BCUT2D eigenvalue weighted by Gasteiger charge is 2.36. The monoisotopic (exact) mass is 198 g/mol. The van der Waals surface area contributed by atoms with Gasteiger partial charge >= 0.3 is 0 Å². The topological polar surface area (TPSA) is 54.4 Å². The Morgan fingerprint density at radius 3 is 2.31 bits per heavy atom. The maximum absolute atomic E-state index is 10.8. The Bertz CT molecular complexity index is 323. The highest BCUT2D eigenvalue weighted by molar-refractivity contribution is 6.66. The molecule has 1 aromatic rings. The summed E-state index contributed by atoms with van der Waals surface area (Å²) in [6, 6.07) is 7.81. The van der Waals surface area contributed by atoms with Crippen molar-refractivity contribution in [1.82, 2.24) is 0 Å². The van der Waals surface area contributed by atoms with Crippen molar-refractivity contribution in [2.24, 2.45) is 0 Å². The van der Waals surface area contributed by atoms with E-state index in [1.807, 2.05) is 0 Å². The largest absolute Gasteiger partial charge is 0.370 e. The zero-order valence-electron chi connectivity index (χ0n) is 6.61. The average Bonchev–Trinajstić information content (AvgIpc) is 2.17. The molecule has 13 heavy (non-hydrogen) atoms. The molecular formula is C9H7ClO3. The first-order chi connectivity index (χ1) is 6.11. The summed E-state index contributed by atoms with van der Waals surface area (Å²) in [6.07, 6.45) is 0.123. The number of rotatable bonds is 3. The molecule has 0 fully saturated rings. The van der Waals surface area contributed by atoms with E-state index in [2.05, 4.69) is 0 Å². The second-order valence-corrected chi connectivity index (χ2v) is 2.87. The minimum absolute atomic E-state index is 0.123. The van der Waals surface area contributed by atoms with Crippen LogP contribution in [0.5, 0.6) is 0 Å².